The van der Waals surface area contributed by atoms with E-state index in [1.807, 2.05) is 0 Å². The van der Waals surface area contributed by atoms with Crippen molar-refractivity contribution < 1.29 is 4.92 Å². The third kappa shape index (κ3) is 1.28. The predicted octanol–water partition coefficient (Wildman–Crippen LogP) is 0.384. The van der Waals surface area contributed by atoms with E-state index in [0.29, 0.717) is 5.82 Å². The van der Waals surface area contributed by atoms with Crippen molar-refractivity contribution >= 4 is 11.6 Å². The predicted molar refractivity (Wildman–Crippen MR) is 39.6 cm³/mol. The summed E-state index contributed by atoms with van der Waals surface area (Å²) in [7, 11) is 3.40. The number of nitro groups is 1. The van der Waals surface area contributed by atoms with Crippen LogP contribution in [0.3, 0.4) is 0 Å². The second kappa shape index (κ2) is 2.57. The second-order valence-corrected chi connectivity index (χ2v) is 2.23. The van der Waals surface area contributed by atoms with Crippen molar-refractivity contribution in [2.75, 3.05) is 19.0 Å². The molecule has 6 nitrogen and oxygen atoms in total. The molecule has 0 aliphatic carbocycles. The number of hydrogen-bond acceptors (Lipinski definition) is 4. The molecule has 11 heavy (non-hydrogen) atoms. The Labute approximate surface area is 63.0 Å². The minimum atomic E-state index is -0.498. The molecule has 60 valence electrons. The fourth-order valence-corrected chi connectivity index (χ4v) is 0.742. The first-order chi connectivity index (χ1) is 5.13. The third-order valence-corrected chi connectivity index (χ3v) is 1.21. The monoisotopic (exact) mass is 156 g/mol. The van der Waals surface area contributed by atoms with Crippen molar-refractivity contribution in [2.24, 2.45) is 0 Å². The zero-order valence-corrected chi connectivity index (χ0v) is 6.24. The van der Waals surface area contributed by atoms with Crippen molar-refractivity contribution in [3.05, 3.63) is 16.4 Å². The zero-order chi connectivity index (χ0) is 8.43. The summed E-state index contributed by atoms with van der Waals surface area (Å²) < 4.78 is 0. The topological polar surface area (TPSA) is 75.1 Å². The quantitative estimate of drug-likeness (QED) is 0.496. The van der Waals surface area contributed by atoms with Gasteiger partial charge in [-0.1, -0.05) is 0 Å². The summed E-state index contributed by atoms with van der Waals surface area (Å²) in [5, 5.41) is 10.3. The van der Waals surface area contributed by atoms with Crippen LogP contribution in [0.1, 0.15) is 0 Å². The molecule has 0 radical (unpaired) electrons. The van der Waals surface area contributed by atoms with E-state index in [4.69, 9.17) is 0 Å². The summed E-state index contributed by atoms with van der Waals surface area (Å²) in [6.07, 6.45) is 1.30. The lowest BCUT2D eigenvalue weighted by Gasteiger charge is -2.06. The van der Waals surface area contributed by atoms with E-state index in [0.717, 1.165) is 0 Å². The highest BCUT2D eigenvalue weighted by molar-refractivity contribution is 5.51. The van der Waals surface area contributed by atoms with Crippen LogP contribution in [0.4, 0.5) is 11.6 Å². The van der Waals surface area contributed by atoms with Gasteiger partial charge in [-0.3, -0.25) is 0 Å². The Morgan fingerprint density at radius 1 is 1.73 bits per heavy atom. The number of H-pyrrole nitrogens is 1. The Morgan fingerprint density at radius 3 is 2.73 bits per heavy atom. The van der Waals surface area contributed by atoms with Crippen molar-refractivity contribution in [3.63, 3.8) is 0 Å². The minimum absolute atomic E-state index is 0.0741. The maximum Gasteiger partial charge on any atom is 0.365 e. The average molecular weight is 156 g/mol. The fourth-order valence-electron chi connectivity index (χ4n) is 0.742. The van der Waals surface area contributed by atoms with Gasteiger partial charge in [-0.15, -0.1) is 0 Å². The molecule has 0 atom stereocenters. The van der Waals surface area contributed by atoms with Gasteiger partial charge in [-0.05, 0) is 4.92 Å². The maximum atomic E-state index is 10.3. The van der Waals surface area contributed by atoms with Crippen molar-refractivity contribution in [1.29, 1.82) is 0 Å². The van der Waals surface area contributed by atoms with Crippen LogP contribution < -0.4 is 4.90 Å². The summed E-state index contributed by atoms with van der Waals surface area (Å²) in [4.78, 5) is 17.6. The van der Waals surface area contributed by atoms with Gasteiger partial charge in [0.15, 0.2) is 6.33 Å². The highest BCUT2D eigenvalue weighted by Gasteiger charge is 2.15. The first-order valence-corrected chi connectivity index (χ1v) is 2.98. The Bertz CT molecular complexity index is 267. The molecule has 0 aromatic carbocycles. The molecule has 6 heteroatoms. The molecule has 0 aliphatic heterocycles. The van der Waals surface area contributed by atoms with Gasteiger partial charge in [0.05, 0.1) is 0 Å². The van der Waals surface area contributed by atoms with Gasteiger partial charge in [0.2, 0.25) is 5.82 Å². The molecular weight excluding hydrogens is 148 g/mol. The summed E-state index contributed by atoms with van der Waals surface area (Å²) in [5.41, 5.74) is 0. The number of anilines is 1. The lowest BCUT2D eigenvalue weighted by molar-refractivity contribution is -0.388. The molecule has 0 bridgehead atoms. The fraction of sp³-hybridized carbons (Fsp3) is 0.400. The summed E-state index contributed by atoms with van der Waals surface area (Å²) in [6.45, 7) is 0. The number of aromatic nitrogens is 2. The van der Waals surface area contributed by atoms with Crippen LogP contribution >= 0.6 is 0 Å². The van der Waals surface area contributed by atoms with Crippen LogP contribution in [0.15, 0.2) is 6.33 Å². The molecule has 0 saturated heterocycles. The van der Waals surface area contributed by atoms with E-state index in [9.17, 15) is 10.1 Å². The molecule has 0 spiro atoms. The highest BCUT2D eigenvalue weighted by atomic mass is 16.6. The number of rotatable bonds is 2. The van der Waals surface area contributed by atoms with Crippen molar-refractivity contribution in [1.82, 2.24) is 9.97 Å². The van der Waals surface area contributed by atoms with Crippen LogP contribution in [0, 0.1) is 10.1 Å². The van der Waals surface area contributed by atoms with Crippen LogP contribution in [0.2, 0.25) is 0 Å². The summed E-state index contributed by atoms with van der Waals surface area (Å²) in [5.74, 6) is 0.269. The lowest BCUT2D eigenvalue weighted by Crippen LogP contribution is -2.10. The van der Waals surface area contributed by atoms with Crippen LogP contribution in [0.25, 0.3) is 0 Å². The molecular formula is C5H8N4O2. The Balaban J connectivity index is 3.06. The molecule has 0 unspecified atom stereocenters. The van der Waals surface area contributed by atoms with Gasteiger partial charge in [0, 0.05) is 14.1 Å². The SMILES string of the molecule is CN(C)c1nc[nH]c1[N+](=O)[O-]. The molecule has 0 fully saturated rings. The molecule has 1 N–H and O–H groups in total. The summed E-state index contributed by atoms with van der Waals surface area (Å²) in [6, 6.07) is 0. The van der Waals surface area contributed by atoms with Gasteiger partial charge in [0.1, 0.15) is 0 Å². The van der Waals surface area contributed by atoms with Crippen LogP contribution in [-0.2, 0) is 0 Å². The van der Waals surface area contributed by atoms with E-state index < -0.39 is 4.92 Å². The first-order valence-electron chi connectivity index (χ1n) is 2.98. The van der Waals surface area contributed by atoms with E-state index in [2.05, 4.69) is 9.97 Å². The smallest absolute Gasteiger partial charge is 0.358 e. The first kappa shape index (κ1) is 7.52. The molecule has 1 aromatic rings. The van der Waals surface area contributed by atoms with Gasteiger partial charge in [-0.2, -0.15) is 4.98 Å². The van der Waals surface area contributed by atoms with Gasteiger partial charge < -0.3 is 15.0 Å². The number of imidazole rings is 1. The van der Waals surface area contributed by atoms with E-state index in [1.165, 1.54) is 6.33 Å². The highest BCUT2D eigenvalue weighted by Crippen LogP contribution is 2.19. The van der Waals surface area contributed by atoms with E-state index in [-0.39, 0.29) is 5.82 Å². The van der Waals surface area contributed by atoms with Crippen molar-refractivity contribution in [2.45, 2.75) is 0 Å². The largest absolute Gasteiger partial charge is 0.365 e. The Kier molecular flexibility index (Phi) is 1.75. The van der Waals surface area contributed by atoms with Crippen LogP contribution in [-0.4, -0.2) is 29.0 Å². The number of nitrogens with one attached hydrogen (secondary N) is 1. The average Bonchev–Trinajstić information content (AvgIpc) is 2.32. The molecule has 1 heterocycles. The third-order valence-electron chi connectivity index (χ3n) is 1.21. The number of aromatic amines is 1. The van der Waals surface area contributed by atoms with Crippen LogP contribution in [0.5, 0.6) is 0 Å². The molecule has 1 aromatic heterocycles. The van der Waals surface area contributed by atoms with Gasteiger partial charge in [0.25, 0.3) is 0 Å². The molecule has 1 rings (SSSR count). The minimum Gasteiger partial charge on any atom is -0.358 e. The second-order valence-electron chi connectivity index (χ2n) is 2.23. The molecule has 0 aliphatic rings. The summed E-state index contributed by atoms with van der Waals surface area (Å²) >= 11 is 0. The lowest BCUT2D eigenvalue weighted by atomic mass is 10.6. The molecule has 0 saturated carbocycles. The van der Waals surface area contributed by atoms with E-state index in [1.54, 1.807) is 19.0 Å². The van der Waals surface area contributed by atoms with Gasteiger partial charge >= 0.3 is 5.82 Å². The number of hydrogen-bond donors (Lipinski definition) is 1. The van der Waals surface area contributed by atoms with Gasteiger partial charge in [-0.25, -0.2) is 4.98 Å². The Hall–Kier alpha value is -1.59. The standard InChI is InChI=1S/C5H8N4O2/c1-8(2)4-5(9(10)11)7-3-6-4/h3H,1-2H3,(H,6,7). The van der Waals surface area contributed by atoms with E-state index >= 15 is 0 Å². The molecule has 0 amide bonds. The zero-order valence-electron chi connectivity index (χ0n) is 6.24. The number of nitrogens with zero attached hydrogens (tertiary/aromatic N) is 3. The normalized spacial score (nSPS) is 9.64. The Morgan fingerprint density at radius 2 is 2.36 bits per heavy atom. The maximum absolute atomic E-state index is 10.3. The van der Waals surface area contributed by atoms with Crippen molar-refractivity contribution in [3.8, 4) is 0 Å².